The van der Waals surface area contributed by atoms with Gasteiger partial charge >= 0.3 is 17.9 Å². The van der Waals surface area contributed by atoms with Crippen molar-refractivity contribution >= 4 is 17.9 Å². The lowest BCUT2D eigenvalue weighted by atomic mass is 10.0. The maximum atomic E-state index is 12.8. The lowest BCUT2D eigenvalue weighted by Crippen LogP contribution is -2.40. The number of rotatable bonds is 59. The van der Waals surface area contributed by atoms with Crippen molar-refractivity contribution in [2.75, 3.05) is 47.5 Å². The van der Waals surface area contributed by atoms with E-state index >= 15 is 0 Å². The van der Waals surface area contributed by atoms with Crippen molar-refractivity contribution in [2.45, 2.75) is 283 Å². The van der Waals surface area contributed by atoms with Crippen molar-refractivity contribution in [3.63, 3.8) is 0 Å². The Labute approximate surface area is 486 Å². The lowest BCUT2D eigenvalue weighted by molar-refractivity contribution is -0.870. The van der Waals surface area contributed by atoms with Crippen LogP contribution in [0.3, 0.4) is 0 Å². The third-order valence-corrected chi connectivity index (χ3v) is 13.8. The number of quaternary nitrogens is 1. The minimum absolute atomic E-state index is 0.174. The first-order chi connectivity index (χ1) is 38.6. The number of carboxylic acids is 1. The van der Waals surface area contributed by atoms with Gasteiger partial charge < -0.3 is 28.5 Å². The molecule has 0 bridgehead atoms. The molecule has 0 aromatic heterocycles. The molecule has 0 radical (unpaired) electrons. The summed E-state index contributed by atoms with van der Waals surface area (Å²) in [5.41, 5.74) is 0. The predicted octanol–water partition coefficient (Wildman–Crippen LogP) is 19.7. The van der Waals surface area contributed by atoms with Gasteiger partial charge in [0.15, 0.2) is 6.10 Å². The molecule has 0 aliphatic rings. The molecule has 0 aliphatic carbocycles. The number of carbonyl (C=O) groups excluding carboxylic acids is 2. The maximum absolute atomic E-state index is 12.8. The van der Waals surface area contributed by atoms with E-state index in [1.165, 1.54) is 167 Å². The zero-order valence-corrected chi connectivity index (χ0v) is 51.8. The second-order valence-corrected chi connectivity index (χ2v) is 22.7. The smallest absolute Gasteiger partial charge is 0.361 e. The van der Waals surface area contributed by atoms with Crippen LogP contribution in [0.25, 0.3) is 0 Å². The van der Waals surface area contributed by atoms with E-state index < -0.39 is 24.3 Å². The fourth-order valence-corrected chi connectivity index (χ4v) is 8.88. The Bertz CT molecular complexity index is 1620. The molecule has 9 heteroatoms. The van der Waals surface area contributed by atoms with Crippen LogP contribution in [0.1, 0.15) is 271 Å². The second kappa shape index (κ2) is 60.3. The quantitative estimate of drug-likeness (QED) is 0.0211. The van der Waals surface area contributed by atoms with Gasteiger partial charge in [0.05, 0.1) is 34.4 Å². The first-order valence-corrected chi connectivity index (χ1v) is 32.4. The second-order valence-electron chi connectivity index (χ2n) is 22.7. The van der Waals surface area contributed by atoms with Gasteiger partial charge in [0, 0.05) is 12.8 Å². The molecule has 9 nitrogen and oxygen atoms in total. The molecule has 454 valence electrons. The standard InChI is InChI=1S/C70H121NO8/c1-6-8-10-12-14-16-18-20-22-24-25-26-27-28-29-30-31-32-33-34-35-36-37-38-39-40-41-42-43-45-46-48-50-52-54-56-58-60-67(72)77-64-66(65-78-70(69(74)75)76-63-62-71(3,4)5)79-68(73)61-59-57-55-53-51-49-47-44-23-21-19-17-15-13-11-9-7-2/h9,11,15,17-18,20-21,23-25,27-28,47,49,53,55,66,70H,6-8,10,12-14,16,19,22,26,29-46,48,50-52,54,56-65H2,1-5H3/p+1/b11-9-,17-15-,20-18-,23-21-,25-24-,28-27-,49-47-,55-53-. The Morgan fingerprint density at radius 2 is 0.734 bits per heavy atom. The number of carboxylic acid groups (broad SMARTS) is 1. The van der Waals surface area contributed by atoms with Crippen LogP contribution in [0.4, 0.5) is 0 Å². The summed E-state index contributed by atoms with van der Waals surface area (Å²) in [6.45, 7) is 4.69. The van der Waals surface area contributed by atoms with Gasteiger partial charge in [0.25, 0.3) is 6.29 Å². The van der Waals surface area contributed by atoms with Gasteiger partial charge in [0.1, 0.15) is 13.2 Å². The van der Waals surface area contributed by atoms with Gasteiger partial charge in [-0.3, -0.25) is 9.59 Å². The van der Waals surface area contributed by atoms with Crippen LogP contribution in [-0.2, 0) is 33.3 Å². The summed E-state index contributed by atoms with van der Waals surface area (Å²) < 4.78 is 22.8. The Morgan fingerprint density at radius 1 is 0.392 bits per heavy atom. The molecule has 0 spiro atoms. The molecule has 0 aromatic carbocycles. The number of nitrogens with zero attached hydrogens (tertiary/aromatic N) is 1. The summed E-state index contributed by atoms with van der Waals surface area (Å²) in [4.78, 5) is 37.4. The molecule has 0 amide bonds. The highest BCUT2D eigenvalue weighted by molar-refractivity contribution is 5.71. The number of aliphatic carboxylic acids is 1. The molecule has 0 saturated carbocycles. The first kappa shape index (κ1) is 75.2. The van der Waals surface area contributed by atoms with Crippen molar-refractivity contribution < 1.29 is 42.9 Å². The minimum atomic E-state index is -1.53. The zero-order valence-electron chi connectivity index (χ0n) is 51.8. The third-order valence-electron chi connectivity index (χ3n) is 13.8. The van der Waals surface area contributed by atoms with Gasteiger partial charge in [-0.1, -0.05) is 265 Å². The van der Waals surface area contributed by atoms with Crippen molar-refractivity contribution in [1.82, 2.24) is 0 Å². The SMILES string of the molecule is CC/C=C\C/C=C\C/C=C\C/C=C\C/C=C\CCCC(=O)OC(COC(=O)CCCCCCCCCCCCCCCCCCCCCCCC/C=C\C/C=C\C/C=C\CCCCCCC)COC(OCC[N+](C)(C)C)C(=O)O. The van der Waals surface area contributed by atoms with Gasteiger partial charge in [-0.2, -0.15) is 0 Å². The summed E-state index contributed by atoms with van der Waals surface area (Å²) in [5.74, 6) is -2.08. The van der Waals surface area contributed by atoms with Crippen molar-refractivity contribution in [2.24, 2.45) is 0 Å². The van der Waals surface area contributed by atoms with E-state index in [0.717, 1.165) is 70.6 Å². The van der Waals surface area contributed by atoms with E-state index in [-0.39, 0.29) is 38.6 Å². The molecular weight excluding hydrogens is 983 g/mol. The van der Waals surface area contributed by atoms with Gasteiger partial charge in [0.2, 0.25) is 0 Å². The van der Waals surface area contributed by atoms with Crippen LogP contribution in [0.5, 0.6) is 0 Å². The largest absolute Gasteiger partial charge is 0.477 e. The Balaban J connectivity index is 4.06. The maximum Gasteiger partial charge on any atom is 0.361 e. The Hall–Kier alpha value is -3.79. The van der Waals surface area contributed by atoms with E-state index in [0.29, 0.717) is 17.4 Å². The van der Waals surface area contributed by atoms with Crippen molar-refractivity contribution in [1.29, 1.82) is 0 Å². The molecule has 1 N–H and O–H groups in total. The number of esters is 2. The molecular formula is C70H122NO8+. The first-order valence-electron chi connectivity index (χ1n) is 32.4. The molecule has 2 atom stereocenters. The topological polar surface area (TPSA) is 108 Å². The van der Waals surface area contributed by atoms with E-state index in [2.05, 4.69) is 111 Å². The van der Waals surface area contributed by atoms with Crippen molar-refractivity contribution in [3.8, 4) is 0 Å². The number of likely N-dealkylation sites (N-methyl/N-ethyl adjacent to an activating group) is 1. The zero-order chi connectivity index (χ0) is 57.6. The number of ether oxygens (including phenoxy) is 4. The Morgan fingerprint density at radius 3 is 1.11 bits per heavy atom. The highest BCUT2D eigenvalue weighted by atomic mass is 16.7. The summed E-state index contributed by atoms with van der Waals surface area (Å²) in [6.07, 6.45) is 79.7. The highest BCUT2D eigenvalue weighted by Gasteiger charge is 2.25. The highest BCUT2D eigenvalue weighted by Crippen LogP contribution is 2.17. The minimum Gasteiger partial charge on any atom is -0.477 e. The number of allylic oxidation sites excluding steroid dienone is 16. The number of unbranched alkanes of at least 4 members (excludes halogenated alkanes) is 28. The van der Waals surface area contributed by atoms with Gasteiger partial charge in [-0.15, -0.1) is 0 Å². The molecule has 0 fully saturated rings. The van der Waals surface area contributed by atoms with Crippen LogP contribution in [-0.4, -0.2) is 87.4 Å². The molecule has 2 unspecified atom stereocenters. The van der Waals surface area contributed by atoms with E-state index in [1.807, 2.05) is 21.1 Å². The number of carbonyl (C=O) groups is 3. The molecule has 0 aliphatic heterocycles. The average molecular weight is 1110 g/mol. The summed E-state index contributed by atoms with van der Waals surface area (Å²) in [7, 11) is 5.95. The predicted molar refractivity (Wildman–Crippen MR) is 336 cm³/mol. The number of hydrogen-bond acceptors (Lipinski definition) is 7. The third kappa shape index (κ3) is 61.7. The summed E-state index contributed by atoms with van der Waals surface area (Å²) >= 11 is 0. The van der Waals surface area contributed by atoms with E-state index in [4.69, 9.17) is 18.9 Å². The van der Waals surface area contributed by atoms with Crippen LogP contribution in [0.2, 0.25) is 0 Å². The van der Waals surface area contributed by atoms with E-state index in [1.54, 1.807) is 0 Å². The molecule has 0 saturated heterocycles. The molecule has 0 rings (SSSR count). The van der Waals surface area contributed by atoms with Crippen LogP contribution >= 0.6 is 0 Å². The van der Waals surface area contributed by atoms with Crippen LogP contribution in [0, 0.1) is 0 Å². The van der Waals surface area contributed by atoms with Gasteiger partial charge in [-0.05, 0) is 89.9 Å². The fourth-order valence-electron chi connectivity index (χ4n) is 8.88. The molecule has 0 heterocycles. The fraction of sp³-hybridized carbons (Fsp3) is 0.729. The van der Waals surface area contributed by atoms with Gasteiger partial charge in [-0.25, -0.2) is 4.79 Å². The van der Waals surface area contributed by atoms with Crippen molar-refractivity contribution in [3.05, 3.63) is 97.2 Å². The Kier molecular flexibility index (Phi) is 57.4. The monoisotopic (exact) mass is 1100 g/mol. The summed E-state index contributed by atoms with van der Waals surface area (Å²) in [5, 5.41) is 9.70. The lowest BCUT2D eigenvalue weighted by Gasteiger charge is -2.25. The molecule has 79 heavy (non-hydrogen) atoms. The molecule has 0 aromatic rings. The van der Waals surface area contributed by atoms with E-state index in [9.17, 15) is 19.5 Å². The van der Waals surface area contributed by atoms with Crippen LogP contribution in [0.15, 0.2) is 97.2 Å². The van der Waals surface area contributed by atoms with Crippen LogP contribution < -0.4 is 0 Å². The summed E-state index contributed by atoms with van der Waals surface area (Å²) in [6, 6.07) is 0. The average Bonchev–Trinajstić information content (AvgIpc) is 3.42. The normalized spacial score (nSPS) is 13.4. The number of hydrogen-bond donors (Lipinski definition) is 1.